The van der Waals surface area contributed by atoms with Crippen LogP contribution in [0.2, 0.25) is 0 Å². The second-order valence-corrected chi connectivity index (χ2v) is 8.12. The molecule has 0 heterocycles. The summed E-state index contributed by atoms with van der Waals surface area (Å²) in [7, 11) is 0. The van der Waals surface area contributed by atoms with Crippen molar-refractivity contribution in [1.29, 1.82) is 0 Å². The predicted octanol–water partition coefficient (Wildman–Crippen LogP) is 4.29. The number of phenols is 1. The van der Waals surface area contributed by atoms with Crippen molar-refractivity contribution in [3.63, 3.8) is 0 Å². The standard InChI is InChI=1S/C25H27N3O6/c1-17(20-10-9-18-5-2-3-6-21(18)15-20)16-27(23(29)11-13-26-25(31)32)14-12-19-7-4-8-22(24(19)30)28(33)34/h2-10,15,17,26,30H,11-14,16H2,1H3,(H,31,32). The fourth-order valence-electron chi connectivity index (χ4n) is 3.88. The lowest BCUT2D eigenvalue weighted by Gasteiger charge is -2.27. The van der Waals surface area contributed by atoms with E-state index in [0.29, 0.717) is 12.1 Å². The number of carbonyl (C=O) groups is 2. The highest BCUT2D eigenvalue weighted by molar-refractivity contribution is 5.83. The summed E-state index contributed by atoms with van der Waals surface area (Å²) in [5.74, 6) is -0.666. The summed E-state index contributed by atoms with van der Waals surface area (Å²) in [6.07, 6.45) is -1.00. The van der Waals surface area contributed by atoms with E-state index in [9.17, 15) is 24.8 Å². The molecule has 0 saturated heterocycles. The van der Waals surface area contributed by atoms with Crippen LogP contribution in [0.4, 0.5) is 10.5 Å². The summed E-state index contributed by atoms with van der Waals surface area (Å²) in [4.78, 5) is 35.7. The molecule has 0 fully saturated rings. The molecule has 3 rings (SSSR count). The number of hydrogen-bond donors (Lipinski definition) is 3. The Bertz CT molecular complexity index is 1200. The van der Waals surface area contributed by atoms with Crippen molar-refractivity contribution < 1.29 is 24.7 Å². The van der Waals surface area contributed by atoms with E-state index in [1.54, 1.807) is 11.0 Å². The van der Waals surface area contributed by atoms with Gasteiger partial charge in [0.25, 0.3) is 0 Å². The first-order valence-corrected chi connectivity index (χ1v) is 10.9. The summed E-state index contributed by atoms with van der Waals surface area (Å²) in [5.41, 5.74) is 1.04. The third-order valence-electron chi connectivity index (χ3n) is 5.75. The molecule has 0 aliphatic rings. The average molecular weight is 466 g/mol. The molecule has 0 aliphatic heterocycles. The van der Waals surface area contributed by atoms with Crippen LogP contribution in [0, 0.1) is 10.1 Å². The van der Waals surface area contributed by atoms with Crippen molar-refractivity contribution in [2.24, 2.45) is 0 Å². The van der Waals surface area contributed by atoms with E-state index in [-0.39, 0.29) is 43.4 Å². The van der Waals surface area contributed by atoms with Gasteiger partial charge < -0.3 is 20.4 Å². The zero-order valence-electron chi connectivity index (χ0n) is 18.8. The van der Waals surface area contributed by atoms with Gasteiger partial charge in [0.15, 0.2) is 5.75 Å². The van der Waals surface area contributed by atoms with Gasteiger partial charge in [0.05, 0.1) is 4.92 Å². The van der Waals surface area contributed by atoms with Crippen molar-refractivity contribution in [2.75, 3.05) is 19.6 Å². The Labute approximate surface area is 196 Å². The van der Waals surface area contributed by atoms with Crippen molar-refractivity contribution in [3.8, 4) is 5.75 Å². The van der Waals surface area contributed by atoms with Crippen molar-refractivity contribution in [1.82, 2.24) is 10.2 Å². The fraction of sp³-hybridized carbons (Fsp3) is 0.280. The molecular weight excluding hydrogens is 438 g/mol. The van der Waals surface area contributed by atoms with Gasteiger partial charge in [-0.15, -0.1) is 0 Å². The molecule has 34 heavy (non-hydrogen) atoms. The van der Waals surface area contributed by atoms with Gasteiger partial charge >= 0.3 is 11.8 Å². The summed E-state index contributed by atoms with van der Waals surface area (Å²) in [6, 6.07) is 18.4. The van der Waals surface area contributed by atoms with Gasteiger partial charge in [0.2, 0.25) is 5.91 Å². The van der Waals surface area contributed by atoms with Crippen LogP contribution < -0.4 is 5.32 Å². The molecule has 9 heteroatoms. The molecule has 1 atom stereocenters. The maximum Gasteiger partial charge on any atom is 0.404 e. The van der Waals surface area contributed by atoms with Gasteiger partial charge in [-0.05, 0) is 28.7 Å². The number of nitro groups is 1. The number of nitrogens with zero attached hydrogens (tertiary/aromatic N) is 2. The van der Waals surface area contributed by atoms with Crippen molar-refractivity contribution in [3.05, 3.63) is 81.9 Å². The summed E-state index contributed by atoms with van der Waals surface area (Å²) in [5, 5.41) is 34.6. The van der Waals surface area contributed by atoms with Gasteiger partial charge in [-0.25, -0.2) is 4.79 Å². The molecule has 0 radical (unpaired) electrons. The van der Waals surface area contributed by atoms with Crippen molar-refractivity contribution in [2.45, 2.75) is 25.7 Å². The van der Waals surface area contributed by atoms with Crippen LogP contribution in [0.1, 0.15) is 30.4 Å². The number of benzene rings is 3. The minimum absolute atomic E-state index is 0.0142. The van der Waals surface area contributed by atoms with Crippen molar-refractivity contribution >= 4 is 28.5 Å². The minimum atomic E-state index is -1.20. The molecule has 3 aromatic rings. The third-order valence-corrected chi connectivity index (χ3v) is 5.75. The molecule has 0 aliphatic carbocycles. The lowest BCUT2D eigenvalue weighted by atomic mass is 9.97. The second kappa shape index (κ2) is 11.1. The number of amides is 2. The van der Waals surface area contributed by atoms with Crippen LogP contribution in [0.15, 0.2) is 60.7 Å². The van der Waals surface area contributed by atoms with E-state index in [1.165, 1.54) is 12.1 Å². The molecular formula is C25H27N3O6. The molecule has 1 unspecified atom stereocenters. The zero-order valence-corrected chi connectivity index (χ0v) is 18.8. The lowest BCUT2D eigenvalue weighted by Crippen LogP contribution is -2.38. The minimum Gasteiger partial charge on any atom is -0.502 e. The highest BCUT2D eigenvalue weighted by atomic mass is 16.6. The molecule has 2 amide bonds. The normalized spacial score (nSPS) is 11.7. The molecule has 0 spiro atoms. The van der Waals surface area contributed by atoms with Gasteiger partial charge in [-0.3, -0.25) is 14.9 Å². The fourth-order valence-corrected chi connectivity index (χ4v) is 3.88. The number of phenolic OH excluding ortho intramolecular Hbond substituents is 1. The highest BCUT2D eigenvalue weighted by Gasteiger charge is 2.21. The van der Waals surface area contributed by atoms with Gasteiger partial charge in [0.1, 0.15) is 0 Å². The van der Waals surface area contributed by atoms with Gasteiger partial charge in [-0.1, -0.05) is 61.5 Å². The van der Waals surface area contributed by atoms with E-state index < -0.39 is 16.8 Å². The molecule has 0 saturated carbocycles. The highest BCUT2D eigenvalue weighted by Crippen LogP contribution is 2.30. The second-order valence-electron chi connectivity index (χ2n) is 8.12. The summed E-state index contributed by atoms with van der Waals surface area (Å²) >= 11 is 0. The molecule has 178 valence electrons. The number of hydrogen-bond acceptors (Lipinski definition) is 5. The largest absolute Gasteiger partial charge is 0.502 e. The summed E-state index contributed by atoms with van der Waals surface area (Å²) in [6.45, 7) is 2.58. The molecule has 0 aromatic heterocycles. The van der Waals surface area contributed by atoms with E-state index in [2.05, 4.69) is 11.4 Å². The Balaban J connectivity index is 1.77. The van der Waals surface area contributed by atoms with E-state index in [4.69, 9.17) is 5.11 Å². The SMILES string of the molecule is CC(CN(CCc1cccc([N+](=O)[O-])c1O)C(=O)CCNC(=O)O)c1ccc2ccccc2c1. The number of carbonyl (C=O) groups excluding carboxylic acids is 1. The maximum atomic E-state index is 12.9. The first kappa shape index (κ1) is 24.5. The van der Waals surface area contributed by atoms with Gasteiger partial charge in [-0.2, -0.15) is 0 Å². The Hall–Kier alpha value is -4.14. The third kappa shape index (κ3) is 6.22. The number of fused-ring (bicyclic) bond motifs is 1. The Morgan fingerprint density at radius 3 is 2.53 bits per heavy atom. The number of nitro benzene ring substituents is 1. The number of nitrogens with one attached hydrogen (secondary N) is 1. The van der Waals surface area contributed by atoms with E-state index in [0.717, 1.165) is 16.3 Å². The van der Waals surface area contributed by atoms with Crippen LogP contribution in [0.5, 0.6) is 5.75 Å². The quantitative estimate of drug-likeness (QED) is 0.302. The smallest absolute Gasteiger partial charge is 0.404 e. The Morgan fingerprint density at radius 2 is 1.82 bits per heavy atom. The molecule has 9 nitrogen and oxygen atoms in total. The van der Waals surface area contributed by atoms with Crippen LogP contribution in [0.25, 0.3) is 10.8 Å². The van der Waals surface area contributed by atoms with Crippen LogP contribution in [0.3, 0.4) is 0 Å². The number of para-hydroxylation sites is 1. The Morgan fingerprint density at radius 1 is 1.09 bits per heavy atom. The topological polar surface area (TPSA) is 133 Å². The molecule has 0 bridgehead atoms. The van der Waals surface area contributed by atoms with Crippen LogP contribution in [-0.2, 0) is 11.2 Å². The Kier molecular flexibility index (Phi) is 8.02. The summed E-state index contributed by atoms with van der Waals surface area (Å²) < 4.78 is 0. The van der Waals surface area contributed by atoms with Gasteiger partial charge in [0, 0.05) is 37.7 Å². The first-order chi connectivity index (χ1) is 16.3. The number of aromatic hydroxyl groups is 1. The monoisotopic (exact) mass is 465 g/mol. The predicted molar refractivity (Wildman–Crippen MR) is 128 cm³/mol. The maximum absolute atomic E-state index is 12.9. The molecule has 3 aromatic carbocycles. The zero-order chi connectivity index (χ0) is 24.7. The molecule has 3 N–H and O–H groups in total. The lowest BCUT2D eigenvalue weighted by molar-refractivity contribution is -0.385. The van der Waals surface area contributed by atoms with E-state index >= 15 is 0 Å². The number of carboxylic acid groups (broad SMARTS) is 1. The first-order valence-electron chi connectivity index (χ1n) is 10.9. The van der Waals surface area contributed by atoms with Crippen LogP contribution >= 0.6 is 0 Å². The average Bonchev–Trinajstić information content (AvgIpc) is 2.81. The number of rotatable bonds is 10. The van der Waals surface area contributed by atoms with Crippen LogP contribution in [-0.4, -0.2) is 51.7 Å². The van der Waals surface area contributed by atoms with E-state index in [1.807, 2.05) is 43.3 Å².